The smallest absolute Gasteiger partial charge is 0.303 e. The van der Waals surface area contributed by atoms with Crippen LogP contribution in [0.4, 0.5) is 0 Å². The number of carbonyl (C=O) groups is 3. The largest absolute Gasteiger partial charge is 0.876 e. The fraction of sp³-hybridized carbons (Fsp3) is 0.690. The van der Waals surface area contributed by atoms with E-state index >= 15 is 0 Å². The molecule has 0 bridgehead atoms. The van der Waals surface area contributed by atoms with Gasteiger partial charge < -0.3 is 30.6 Å². The first-order valence-corrected chi connectivity index (χ1v) is 39.2. The van der Waals surface area contributed by atoms with E-state index in [0.717, 1.165) is 135 Å². The summed E-state index contributed by atoms with van der Waals surface area (Å²) < 4.78 is 0. The molecule has 0 aliphatic heterocycles. The minimum absolute atomic E-state index is 0.0183. The zero-order valence-electron chi connectivity index (χ0n) is 62.7. The molecular weight excluding hydrogens is 1220 g/mol. The van der Waals surface area contributed by atoms with Crippen molar-refractivity contribution in [2.45, 2.75) is 350 Å². The lowest BCUT2D eigenvalue weighted by molar-refractivity contribution is -0.306. The zero-order chi connectivity index (χ0) is 71.6. The number of carboxylic acids is 3. The summed E-state index contributed by atoms with van der Waals surface area (Å²) in [5.74, 6) is 1.03. The Bertz CT molecular complexity index is 1870. The highest BCUT2D eigenvalue weighted by Gasteiger charge is 2.21. The summed E-state index contributed by atoms with van der Waals surface area (Å²) in [6.07, 6.45) is 89.2. The van der Waals surface area contributed by atoms with E-state index in [1.54, 1.807) is 0 Å². The number of unbranched alkanes of at least 4 members (excludes halogenated alkanes) is 18. The van der Waals surface area contributed by atoms with Crippen LogP contribution in [-0.2, 0) is 14.4 Å². The Balaban J connectivity index is -0.00000135. The van der Waals surface area contributed by atoms with Gasteiger partial charge in [0.05, 0.1) is 0 Å². The minimum Gasteiger partial charge on any atom is -0.876 e. The predicted octanol–water partition coefficient (Wildman–Crippen LogP) is 24.4. The van der Waals surface area contributed by atoms with Crippen LogP contribution in [-0.4, -0.2) is 33.2 Å². The molecule has 0 saturated heterocycles. The molecule has 0 aromatic rings. The minimum atomic E-state index is -0.699. The van der Waals surface area contributed by atoms with E-state index in [4.69, 9.17) is 15.3 Å². The summed E-state index contributed by atoms with van der Waals surface area (Å²) in [5.41, 5.74) is 0. The summed E-state index contributed by atoms with van der Waals surface area (Å²) in [5, 5.41) is 60.0. The molecule has 0 amide bonds. The highest BCUT2D eigenvalue weighted by atomic mass is 16.5. The van der Waals surface area contributed by atoms with Gasteiger partial charge in [0.15, 0.2) is 0 Å². The molecule has 552 valence electrons. The highest BCUT2D eigenvalue weighted by molar-refractivity contribution is 5.67. The third-order valence-electron chi connectivity index (χ3n) is 18.0. The maximum atomic E-state index is 11.0. The van der Waals surface area contributed by atoms with Crippen molar-refractivity contribution in [3.05, 3.63) is 146 Å². The van der Waals surface area contributed by atoms with Gasteiger partial charge in [-0.05, 0) is 228 Å². The monoisotopic (exact) mass is 1370 g/mol. The van der Waals surface area contributed by atoms with Gasteiger partial charge in [-0.15, -0.1) is 37.0 Å². The van der Waals surface area contributed by atoms with Gasteiger partial charge in [-0.25, -0.2) is 0 Å². The Morgan fingerprint density at radius 2 is 0.500 bits per heavy atom. The molecule has 96 heavy (non-hydrogen) atoms. The molecule has 0 aliphatic rings. The maximum absolute atomic E-state index is 11.0. The third kappa shape index (κ3) is 72.9. The Hall–Kier alpha value is -5.31. The van der Waals surface area contributed by atoms with Crippen LogP contribution in [0.2, 0.25) is 0 Å². The van der Waals surface area contributed by atoms with Gasteiger partial charge in [0.25, 0.3) is 0 Å². The van der Waals surface area contributed by atoms with Crippen LogP contribution in [0, 0.1) is 35.5 Å². The van der Waals surface area contributed by atoms with Crippen molar-refractivity contribution in [2.75, 3.05) is 0 Å². The van der Waals surface area contributed by atoms with Gasteiger partial charge in [0, 0.05) is 19.3 Å². The molecule has 9 nitrogen and oxygen atoms in total. The van der Waals surface area contributed by atoms with E-state index in [-0.39, 0.29) is 36.5 Å². The van der Waals surface area contributed by atoms with Crippen molar-refractivity contribution in [2.24, 2.45) is 35.5 Å². The quantitative estimate of drug-likeness (QED) is 0.0176. The van der Waals surface area contributed by atoms with Crippen LogP contribution in [0.3, 0.4) is 0 Å². The van der Waals surface area contributed by atoms with Crippen molar-refractivity contribution < 1.29 is 45.0 Å². The first-order valence-electron chi connectivity index (χ1n) is 39.2. The van der Waals surface area contributed by atoms with E-state index in [1.165, 1.54) is 135 Å². The second-order valence-electron chi connectivity index (χ2n) is 27.0. The molecule has 3 N–H and O–H groups in total. The molecule has 0 fully saturated rings. The molecule has 9 heteroatoms. The van der Waals surface area contributed by atoms with Gasteiger partial charge >= 0.3 is 17.9 Å². The molecule has 0 rings (SSSR count). The third-order valence-corrected chi connectivity index (χ3v) is 18.0. The summed E-state index contributed by atoms with van der Waals surface area (Å²) in [7, 11) is 0. The summed E-state index contributed by atoms with van der Waals surface area (Å²) in [6.45, 7) is 23.7. The number of aliphatic carboxylic acids is 3. The molecular formula is C87H147O9-3. The molecule has 0 aromatic carbocycles. The Morgan fingerprint density at radius 1 is 0.271 bits per heavy atom. The van der Waals surface area contributed by atoms with Crippen molar-refractivity contribution >= 4 is 17.9 Å². The van der Waals surface area contributed by atoms with Gasteiger partial charge in [-0.2, -0.15) is 0 Å². The standard InChI is InChI=1S/3C29H50O3/c3*1-4-6-8-9-10-13-17-23-28(24-19-25-29(31)32)27(21-15-7-5-2)22-18-14-11-12-16-20-26(3)30/h3*10-11,13-14,17,23,27-28,30H,3-9,12,15-16,18-22,24-25H2,1-2H3,(H,31,32)/p-3/b3*13-10-,14-11+,23-17+/i1+1,2+1,4+1,5+1,6+1,9+1,10+1,11+1,13+1,14+1,15+1,16+1,17+1,18+1,23+1,24+1,26+1,28+1,29+1;2+1,5+1,11+1,14+1,15+1,16+1,18+1,26+1,29+1;2+1,5+1,11+1,14+1,15+1,16+1,18+1,26+1. The van der Waals surface area contributed by atoms with Crippen LogP contribution in [0.1, 0.15) is 350 Å². The topological polar surface area (TPSA) is 181 Å². The summed E-state index contributed by atoms with van der Waals surface area (Å²) in [6, 6.07) is 0. The first-order chi connectivity index (χ1) is 46.5. The fourth-order valence-corrected chi connectivity index (χ4v) is 12.2. The van der Waals surface area contributed by atoms with E-state index < -0.39 is 17.9 Å². The Labute approximate surface area is 591 Å². The molecule has 0 aliphatic carbocycles. The lowest BCUT2D eigenvalue weighted by Gasteiger charge is -2.25. The molecule has 0 heterocycles. The molecule has 0 saturated carbocycles. The van der Waals surface area contributed by atoms with E-state index in [1.807, 2.05) is 0 Å². The van der Waals surface area contributed by atoms with Crippen molar-refractivity contribution in [1.29, 1.82) is 0 Å². The van der Waals surface area contributed by atoms with Gasteiger partial charge in [-0.3, -0.25) is 14.4 Å². The van der Waals surface area contributed by atoms with Gasteiger partial charge in [-0.1, -0.05) is 247 Å². The average molecular weight is 1370 g/mol. The van der Waals surface area contributed by atoms with Crippen LogP contribution in [0.5, 0.6) is 0 Å². The number of carboxylic acid groups (broad SMARTS) is 3. The van der Waals surface area contributed by atoms with Crippen LogP contribution in [0.15, 0.2) is 146 Å². The summed E-state index contributed by atoms with van der Waals surface area (Å²) in [4.78, 5) is 33.1. The number of hydrogen-bond acceptors (Lipinski definition) is 6. The SMILES string of the molecule is C=[13C]([O-])C[13CH2]C/[13CH]=[13CH]/[13CH2]CC(C[13CH2]C[13CH2][13CH3])C(/C=C/C=C\CCCCC)CCCC(=O)O.C=[13C]([O-])C[13CH2]C/[13CH]=[13CH]/[13CH2]CC(C[13CH2]C[13CH2][13CH3])C(/C=C/C=C\CCCCC)CCC[13C](=O)O.C=[13C]([O-])C[13CH2]C/[13CH]=[13CH]/[13CH2]CC(C[13CH2]C[13CH2][13CH3])[13CH](/[13CH]=[13CH]/[13CH]=[13CH]\[13CH2]C[13CH2][13CH2][13CH3])[13CH2]CC[13C](=O)O. The average Bonchev–Trinajstić information content (AvgIpc) is 1.43. The number of rotatable bonds is 66. The fourth-order valence-electron chi connectivity index (χ4n) is 12.2. The Morgan fingerprint density at radius 3 is 0.729 bits per heavy atom. The van der Waals surface area contributed by atoms with Crippen molar-refractivity contribution in [1.82, 2.24) is 0 Å². The number of hydrogen-bond donors (Lipinski definition) is 3. The lowest BCUT2D eigenvalue weighted by atomic mass is 9.85. The molecule has 0 spiro atoms. The second-order valence-corrected chi connectivity index (χ2v) is 27.0. The first kappa shape index (κ1) is 94.9. The highest BCUT2D eigenvalue weighted by Crippen LogP contribution is 2.33. The van der Waals surface area contributed by atoms with E-state index in [9.17, 15) is 29.7 Å². The second kappa shape index (κ2) is 75.5. The van der Waals surface area contributed by atoms with Crippen molar-refractivity contribution in [3.63, 3.8) is 0 Å². The Kier molecular flexibility index (Phi) is 74.6. The summed E-state index contributed by atoms with van der Waals surface area (Å²) >= 11 is 0. The van der Waals surface area contributed by atoms with E-state index in [0.29, 0.717) is 54.8 Å². The normalized spacial score (nSPS) is 13.9. The predicted molar refractivity (Wildman–Crippen MR) is 409 cm³/mol. The van der Waals surface area contributed by atoms with Crippen LogP contribution in [0.25, 0.3) is 0 Å². The van der Waals surface area contributed by atoms with Gasteiger partial charge in [0.1, 0.15) is 0 Å². The molecule has 6 atom stereocenters. The molecule has 6 unspecified atom stereocenters. The van der Waals surface area contributed by atoms with E-state index in [2.05, 4.69) is 171 Å². The molecule has 0 radical (unpaired) electrons. The zero-order valence-corrected chi connectivity index (χ0v) is 62.7. The number of allylic oxidation sites excluding steroid dienone is 21. The van der Waals surface area contributed by atoms with Crippen molar-refractivity contribution in [3.8, 4) is 0 Å². The van der Waals surface area contributed by atoms with Crippen LogP contribution >= 0.6 is 0 Å². The van der Waals surface area contributed by atoms with Crippen LogP contribution < -0.4 is 15.3 Å². The lowest BCUT2D eigenvalue weighted by Crippen LogP contribution is -2.14. The molecule has 0 aromatic heterocycles. The maximum Gasteiger partial charge on any atom is 0.303 e. The van der Waals surface area contributed by atoms with Gasteiger partial charge in [0.2, 0.25) is 0 Å².